The second kappa shape index (κ2) is 2.47. The molecule has 72 valence electrons. The number of imidazole rings is 1. The summed E-state index contributed by atoms with van der Waals surface area (Å²) < 4.78 is 1.91. The summed E-state index contributed by atoms with van der Waals surface area (Å²) in [4.78, 5) is 7.90. The summed E-state index contributed by atoms with van der Waals surface area (Å²) in [5.74, 6) is 2.48. The highest BCUT2D eigenvalue weighted by Gasteiger charge is 2.23. The third kappa shape index (κ3) is 0.880. The van der Waals surface area contributed by atoms with Crippen LogP contribution in [0.3, 0.4) is 0 Å². The van der Waals surface area contributed by atoms with Gasteiger partial charge < -0.3 is 4.98 Å². The summed E-state index contributed by atoms with van der Waals surface area (Å²) in [6.45, 7) is 4.27. The average molecular weight is 188 g/mol. The highest BCUT2D eigenvalue weighted by molar-refractivity contribution is 5.40. The summed E-state index contributed by atoms with van der Waals surface area (Å²) in [7, 11) is 0. The van der Waals surface area contributed by atoms with E-state index in [9.17, 15) is 0 Å². The lowest BCUT2D eigenvalue weighted by Gasteiger charge is -1.99. The average Bonchev–Trinajstić information content (AvgIpc) is 2.70. The summed E-state index contributed by atoms with van der Waals surface area (Å²) in [6.07, 6.45) is 2.75. The van der Waals surface area contributed by atoms with E-state index in [1.807, 2.05) is 16.9 Å². The number of H-pyrrole nitrogens is 1. The van der Waals surface area contributed by atoms with E-state index in [4.69, 9.17) is 0 Å². The van der Waals surface area contributed by atoms with Crippen LogP contribution in [0.4, 0.5) is 0 Å². The molecule has 2 aromatic rings. The molecule has 1 aliphatic heterocycles. The van der Waals surface area contributed by atoms with Crippen LogP contribution in [0.25, 0.3) is 5.82 Å². The van der Waals surface area contributed by atoms with Gasteiger partial charge in [-0.1, -0.05) is 13.8 Å². The molecule has 0 bridgehead atoms. The molecular formula is C10H12N4. The molecule has 0 fully saturated rings. The van der Waals surface area contributed by atoms with Crippen LogP contribution in [0, 0.1) is 0 Å². The number of hydrogen-bond donors (Lipinski definition) is 1. The van der Waals surface area contributed by atoms with Gasteiger partial charge in [0, 0.05) is 18.5 Å². The maximum Gasteiger partial charge on any atom is 0.175 e. The second-order valence-electron chi connectivity index (χ2n) is 3.99. The van der Waals surface area contributed by atoms with Crippen molar-refractivity contribution >= 4 is 0 Å². The number of fused-ring (bicyclic) bond motifs is 3. The third-order valence-corrected chi connectivity index (χ3v) is 2.60. The van der Waals surface area contributed by atoms with Crippen molar-refractivity contribution in [3.05, 3.63) is 29.5 Å². The lowest BCUT2D eigenvalue weighted by molar-refractivity contribution is 0.768. The van der Waals surface area contributed by atoms with Crippen LogP contribution < -0.4 is 0 Å². The molecule has 0 saturated carbocycles. The van der Waals surface area contributed by atoms with Crippen molar-refractivity contribution in [2.24, 2.45) is 0 Å². The van der Waals surface area contributed by atoms with Crippen LogP contribution in [0.1, 0.15) is 37.0 Å². The third-order valence-electron chi connectivity index (χ3n) is 2.60. The van der Waals surface area contributed by atoms with Crippen LogP contribution >= 0.6 is 0 Å². The SMILES string of the molecule is CC(C)c1nc2c([nH]1)Cc1ccnn1-2. The number of aromatic nitrogens is 4. The summed E-state index contributed by atoms with van der Waals surface area (Å²) in [5, 5.41) is 4.24. The van der Waals surface area contributed by atoms with Crippen molar-refractivity contribution in [3.8, 4) is 5.82 Å². The predicted octanol–water partition coefficient (Wildman–Crippen LogP) is 1.62. The maximum absolute atomic E-state index is 4.55. The highest BCUT2D eigenvalue weighted by atomic mass is 15.3. The zero-order chi connectivity index (χ0) is 9.71. The summed E-state index contributed by atoms with van der Waals surface area (Å²) in [6, 6.07) is 2.03. The van der Waals surface area contributed by atoms with Gasteiger partial charge >= 0.3 is 0 Å². The minimum Gasteiger partial charge on any atom is -0.343 e. The van der Waals surface area contributed by atoms with Crippen molar-refractivity contribution in [3.63, 3.8) is 0 Å². The Kier molecular flexibility index (Phi) is 1.37. The molecule has 4 heteroatoms. The van der Waals surface area contributed by atoms with Crippen LogP contribution in [-0.4, -0.2) is 19.7 Å². The van der Waals surface area contributed by atoms with Gasteiger partial charge in [-0.3, -0.25) is 0 Å². The predicted molar refractivity (Wildman–Crippen MR) is 52.6 cm³/mol. The van der Waals surface area contributed by atoms with Gasteiger partial charge in [0.15, 0.2) is 5.82 Å². The molecule has 0 saturated heterocycles. The zero-order valence-electron chi connectivity index (χ0n) is 8.28. The largest absolute Gasteiger partial charge is 0.343 e. The van der Waals surface area contributed by atoms with Crippen molar-refractivity contribution in [1.29, 1.82) is 0 Å². The first-order valence-electron chi connectivity index (χ1n) is 4.88. The van der Waals surface area contributed by atoms with Crippen molar-refractivity contribution in [2.45, 2.75) is 26.2 Å². The van der Waals surface area contributed by atoms with E-state index in [1.165, 1.54) is 11.4 Å². The Labute approximate surface area is 82.0 Å². The fraction of sp³-hybridized carbons (Fsp3) is 0.400. The Morgan fingerprint density at radius 2 is 2.36 bits per heavy atom. The molecule has 1 N–H and O–H groups in total. The molecule has 1 aliphatic rings. The van der Waals surface area contributed by atoms with E-state index >= 15 is 0 Å². The zero-order valence-corrected chi connectivity index (χ0v) is 8.28. The minimum atomic E-state index is 0.444. The molecular weight excluding hydrogens is 176 g/mol. The topological polar surface area (TPSA) is 46.5 Å². The first-order valence-corrected chi connectivity index (χ1v) is 4.88. The normalized spacial score (nSPS) is 13.4. The van der Waals surface area contributed by atoms with Gasteiger partial charge in [-0.15, -0.1) is 0 Å². The van der Waals surface area contributed by atoms with Crippen molar-refractivity contribution in [2.75, 3.05) is 0 Å². The molecule has 0 aromatic carbocycles. The minimum absolute atomic E-state index is 0.444. The van der Waals surface area contributed by atoms with E-state index in [1.54, 1.807) is 0 Å². The van der Waals surface area contributed by atoms with Gasteiger partial charge in [-0.25, -0.2) is 9.67 Å². The quantitative estimate of drug-likeness (QED) is 0.630. The Morgan fingerprint density at radius 3 is 3.14 bits per heavy atom. The molecule has 0 amide bonds. The van der Waals surface area contributed by atoms with E-state index < -0.39 is 0 Å². The second-order valence-corrected chi connectivity index (χ2v) is 3.99. The molecule has 3 rings (SSSR count). The number of nitrogens with zero attached hydrogens (tertiary/aromatic N) is 3. The van der Waals surface area contributed by atoms with Gasteiger partial charge in [0.25, 0.3) is 0 Å². The number of hydrogen-bond acceptors (Lipinski definition) is 2. The Hall–Kier alpha value is -1.58. The molecule has 0 aliphatic carbocycles. The number of rotatable bonds is 1. The highest BCUT2D eigenvalue weighted by Crippen LogP contribution is 2.26. The fourth-order valence-electron chi connectivity index (χ4n) is 1.83. The van der Waals surface area contributed by atoms with Crippen LogP contribution in [0.5, 0.6) is 0 Å². The van der Waals surface area contributed by atoms with E-state index in [0.717, 1.165) is 18.1 Å². The maximum atomic E-state index is 4.55. The molecule has 3 heterocycles. The van der Waals surface area contributed by atoms with Crippen LogP contribution in [-0.2, 0) is 6.42 Å². The van der Waals surface area contributed by atoms with Gasteiger partial charge in [0.05, 0.1) is 11.4 Å². The molecule has 0 unspecified atom stereocenters. The number of nitrogens with one attached hydrogen (secondary N) is 1. The van der Waals surface area contributed by atoms with Gasteiger partial charge in [0.1, 0.15) is 5.82 Å². The molecule has 4 nitrogen and oxygen atoms in total. The molecule has 0 spiro atoms. The van der Waals surface area contributed by atoms with Crippen LogP contribution in [0.15, 0.2) is 12.3 Å². The molecule has 0 atom stereocenters. The van der Waals surface area contributed by atoms with Gasteiger partial charge in [-0.05, 0) is 6.07 Å². The van der Waals surface area contributed by atoms with Crippen LogP contribution in [0.2, 0.25) is 0 Å². The van der Waals surface area contributed by atoms with E-state index in [2.05, 4.69) is 28.9 Å². The standard InChI is InChI=1S/C10H12N4/c1-6(2)9-12-8-5-7-3-4-11-14(7)10(8)13-9/h3-4,6H,5H2,1-2H3,(H,12,13). The summed E-state index contributed by atoms with van der Waals surface area (Å²) in [5.41, 5.74) is 2.41. The monoisotopic (exact) mass is 188 g/mol. The van der Waals surface area contributed by atoms with E-state index in [0.29, 0.717) is 5.92 Å². The summed E-state index contributed by atoms with van der Waals surface area (Å²) >= 11 is 0. The Morgan fingerprint density at radius 1 is 1.50 bits per heavy atom. The van der Waals surface area contributed by atoms with Gasteiger partial charge in [-0.2, -0.15) is 5.10 Å². The first-order chi connectivity index (χ1) is 6.75. The van der Waals surface area contributed by atoms with Gasteiger partial charge in [0.2, 0.25) is 0 Å². The van der Waals surface area contributed by atoms with E-state index in [-0.39, 0.29) is 0 Å². The fourth-order valence-corrected chi connectivity index (χ4v) is 1.83. The smallest absolute Gasteiger partial charge is 0.175 e. The lowest BCUT2D eigenvalue weighted by Crippen LogP contribution is -1.97. The van der Waals surface area contributed by atoms with Crippen molar-refractivity contribution in [1.82, 2.24) is 19.7 Å². The lowest BCUT2D eigenvalue weighted by atomic mass is 10.2. The molecule has 14 heavy (non-hydrogen) atoms. The Bertz CT molecular complexity index is 478. The van der Waals surface area contributed by atoms with Crippen molar-refractivity contribution < 1.29 is 0 Å². The molecule has 2 aromatic heterocycles. The molecule has 0 radical (unpaired) electrons. The Balaban J connectivity index is 2.15. The number of aromatic amines is 1. The first kappa shape index (κ1) is 7.79.